The van der Waals surface area contributed by atoms with E-state index < -0.39 is 10.0 Å². The maximum absolute atomic E-state index is 11.5. The molecule has 0 amide bonds. The van der Waals surface area contributed by atoms with Crippen molar-refractivity contribution < 1.29 is 8.42 Å². The van der Waals surface area contributed by atoms with Crippen molar-refractivity contribution in [3.8, 4) is 0 Å². The molecule has 0 saturated carbocycles. The number of sulfonamides is 1. The van der Waals surface area contributed by atoms with Gasteiger partial charge in [-0.05, 0) is 0 Å². The zero-order valence-electron chi connectivity index (χ0n) is 13.0. The number of hydrogen-bond acceptors (Lipinski definition) is 6. The summed E-state index contributed by atoms with van der Waals surface area (Å²) in [5.74, 6) is 2.68. The largest absolute Gasteiger partial charge is 0.373 e. The lowest BCUT2D eigenvalue weighted by molar-refractivity contribution is 0.386. The van der Waals surface area contributed by atoms with E-state index in [0.29, 0.717) is 26.2 Å². The number of aromatic nitrogens is 2. The molecule has 1 aliphatic heterocycles. The molecule has 0 aliphatic carbocycles. The molecular formula is C13H23N5O2S. The van der Waals surface area contributed by atoms with E-state index in [1.807, 2.05) is 13.1 Å². The van der Waals surface area contributed by atoms with Crippen molar-refractivity contribution in [2.45, 2.75) is 19.8 Å². The molecule has 0 atom stereocenters. The minimum Gasteiger partial charge on any atom is -0.373 e. The number of anilines is 2. The molecule has 2 heterocycles. The van der Waals surface area contributed by atoms with Crippen molar-refractivity contribution in [3.63, 3.8) is 0 Å². The number of nitrogens with zero attached hydrogens (tertiary/aromatic N) is 4. The second kappa shape index (κ2) is 6.15. The molecule has 0 aromatic carbocycles. The molecular weight excluding hydrogens is 290 g/mol. The van der Waals surface area contributed by atoms with Crippen molar-refractivity contribution in [1.82, 2.24) is 14.3 Å². The third kappa shape index (κ3) is 3.82. The van der Waals surface area contributed by atoms with Gasteiger partial charge in [-0.3, -0.25) is 0 Å². The molecule has 0 bridgehead atoms. The summed E-state index contributed by atoms with van der Waals surface area (Å²) >= 11 is 0. The number of piperazine rings is 1. The standard InChI is InChI=1S/C13H23N5O2S/c1-10(2)13-15-11(14-3)9-12(16-13)17-5-7-18(8-6-17)21(4,19)20/h9-10H,5-8H2,1-4H3,(H,14,15,16). The van der Waals surface area contributed by atoms with Crippen molar-refractivity contribution in [3.05, 3.63) is 11.9 Å². The summed E-state index contributed by atoms with van der Waals surface area (Å²) < 4.78 is 24.6. The molecule has 0 spiro atoms. The Morgan fingerprint density at radius 2 is 1.81 bits per heavy atom. The van der Waals surface area contributed by atoms with Gasteiger partial charge in [-0.2, -0.15) is 4.31 Å². The van der Waals surface area contributed by atoms with Crippen LogP contribution in [0.25, 0.3) is 0 Å². The summed E-state index contributed by atoms with van der Waals surface area (Å²) in [5, 5.41) is 3.05. The molecule has 0 radical (unpaired) electrons. The van der Waals surface area contributed by atoms with Gasteiger partial charge in [-0.15, -0.1) is 0 Å². The maximum atomic E-state index is 11.5. The van der Waals surface area contributed by atoms with Crippen LogP contribution in [0.2, 0.25) is 0 Å². The Morgan fingerprint density at radius 3 is 2.29 bits per heavy atom. The van der Waals surface area contributed by atoms with E-state index in [1.54, 1.807) is 0 Å². The molecule has 1 aromatic heterocycles. The first kappa shape index (κ1) is 16.0. The molecule has 1 fully saturated rings. The second-order valence-corrected chi connectivity index (χ2v) is 7.51. The lowest BCUT2D eigenvalue weighted by Gasteiger charge is -2.34. The van der Waals surface area contributed by atoms with Gasteiger partial charge in [-0.25, -0.2) is 18.4 Å². The van der Waals surface area contributed by atoms with Gasteiger partial charge in [0, 0.05) is 45.2 Å². The average molecular weight is 313 g/mol. The van der Waals surface area contributed by atoms with Gasteiger partial charge < -0.3 is 10.2 Å². The Hall–Kier alpha value is -1.41. The number of rotatable bonds is 4. The fraction of sp³-hybridized carbons (Fsp3) is 0.692. The van der Waals surface area contributed by atoms with Crippen LogP contribution in [0.3, 0.4) is 0 Å². The normalized spacial score (nSPS) is 17.3. The average Bonchev–Trinajstić information content (AvgIpc) is 2.46. The van der Waals surface area contributed by atoms with E-state index >= 15 is 0 Å². The minimum absolute atomic E-state index is 0.245. The lowest BCUT2D eigenvalue weighted by atomic mass is 10.2. The molecule has 1 aromatic rings. The molecule has 118 valence electrons. The summed E-state index contributed by atoms with van der Waals surface area (Å²) in [6, 6.07) is 1.90. The first-order chi connectivity index (χ1) is 9.81. The second-order valence-electron chi connectivity index (χ2n) is 5.52. The van der Waals surface area contributed by atoms with Crippen molar-refractivity contribution in [2.24, 2.45) is 0 Å². The first-order valence-corrected chi connectivity index (χ1v) is 8.93. The van der Waals surface area contributed by atoms with Crippen LogP contribution in [-0.4, -0.2) is 62.2 Å². The summed E-state index contributed by atoms with van der Waals surface area (Å²) in [5.41, 5.74) is 0. The topological polar surface area (TPSA) is 78.4 Å². The van der Waals surface area contributed by atoms with Crippen molar-refractivity contribution in [1.29, 1.82) is 0 Å². The summed E-state index contributed by atoms with van der Waals surface area (Å²) in [7, 11) is -1.27. The van der Waals surface area contributed by atoms with E-state index in [-0.39, 0.29) is 5.92 Å². The van der Waals surface area contributed by atoms with Gasteiger partial charge in [0.1, 0.15) is 17.5 Å². The van der Waals surface area contributed by atoms with E-state index in [2.05, 4.69) is 34.0 Å². The molecule has 0 unspecified atom stereocenters. The quantitative estimate of drug-likeness (QED) is 0.882. The monoisotopic (exact) mass is 313 g/mol. The number of hydrogen-bond donors (Lipinski definition) is 1. The molecule has 8 heteroatoms. The summed E-state index contributed by atoms with van der Waals surface area (Å²) in [4.78, 5) is 11.2. The van der Waals surface area contributed by atoms with Crippen LogP contribution in [0, 0.1) is 0 Å². The highest BCUT2D eigenvalue weighted by atomic mass is 32.2. The van der Waals surface area contributed by atoms with Crippen LogP contribution < -0.4 is 10.2 Å². The predicted molar refractivity (Wildman–Crippen MR) is 84.3 cm³/mol. The Kier molecular flexibility index (Phi) is 4.67. The molecule has 1 aliphatic rings. The van der Waals surface area contributed by atoms with Gasteiger partial charge in [0.2, 0.25) is 10.0 Å². The highest BCUT2D eigenvalue weighted by molar-refractivity contribution is 7.88. The Morgan fingerprint density at radius 1 is 1.19 bits per heavy atom. The van der Waals surface area contributed by atoms with Crippen LogP contribution in [0.15, 0.2) is 6.07 Å². The molecule has 1 N–H and O–H groups in total. The first-order valence-electron chi connectivity index (χ1n) is 7.08. The third-order valence-corrected chi connectivity index (χ3v) is 4.84. The SMILES string of the molecule is CNc1cc(N2CCN(S(C)(=O)=O)CC2)nc(C(C)C)n1. The van der Waals surface area contributed by atoms with Crippen LogP contribution in [0.1, 0.15) is 25.6 Å². The smallest absolute Gasteiger partial charge is 0.211 e. The zero-order chi connectivity index (χ0) is 15.6. The molecule has 21 heavy (non-hydrogen) atoms. The van der Waals surface area contributed by atoms with Crippen LogP contribution in [0.5, 0.6) is 0 Å². The Balaban J connectivity index is 2.18. The summed E-state index contributed by atoms with van der Waals surface area (Å²) in [6.45, 7) is 6.39. The summed E-state index contributed by atoms with van der Waals surface area (Å²) in [6.07, 6.45) is 1.25. The fourth-order valence-electron chi connectivity index (χ4n) is 2.25. The van der Waals surface area contributed by atoms with Gasteiger partial charge in [0.15, 0.2) is 0 Å². The maximum Gasteiger partial charge on any atom is 0.211 e. The van der Waals surface area contributed by atoms with Gasteiger partial charge in [0.05, 0.1) is 6.26 Å². The van der Waals surface area contributed by atoms with Crippen LogP contribution in [0.4, 0.5) is 11.6 Å². The highest BCUT2D eigenvalue weighted by Gasteiger charge is 2.24. The molecule has 1 saturated heterocycles. The van der Waals surface area contributed by atoms with Gasteiger partial charge in [0.25, 0.3) is 0 Å². The number of nitrogens with one attached hydrogen (secondary N) is 1. The minimum atomic E-state index is -3.10. The zero-order valence-corrected chi connectivity index (χ0v) is 13.8. The van der Waals surface area contributed by atoms with E-state index in [4.69, 9.17) is 0 Å². The van der Waals surface area contributed by atoms with Crippen molar-refractivity contribution in [2.75, 3.05) is 49.7 Å². The molecule has 7 nitrogen and oxygen atoms in total. The van der Waals surface area contributed by atoms with Gasteiger partial charge >= 0.3 is 0 Å². The van der Waals surface area contributed by atoms with E-state index in [0.717, 1.165) is 17.5 Å². The third-order valence-electron chi connectivity index (χ3n) is 3.53. The predicted octanol–water partition coefficient (Wildman–Crippen LogP) is 0.723. The Labute approximate surface area is 126 Å². The lowest BCUT2D eigenvalue weighted by Crippen LogP contribution is -2.48. The fourth-order valence-corrected chi connectivity index (χ4v) is 3.08. The van der Waals surface area contributed by atoms with Crippen LogP contribution in [-0.2, 0) is 10.0 Å². The molecule has 2 rings (SSSR count). The van der Waals surface area contributed by atoms with Crippen molar-refractivity contribution >= 4 is 21.7 Å². The highest BCUT2D eigenvalue weighted by Crippen LogP contribution is 2.21. The van der Waals surface area contributed by atoms with E-state index in [1.165, 1.54) is 10.6 Å². The van der Waals surface area contributed by atoms with E-state index in [9.17, 15) is 8.42 Å². The van der Waals surface area contributed by atoms with Crippen LogP contribution >= 0.6 is 0 Å². The van der Waals surface area contributed by atoms with Gasteiger partial charge in [-0.1, -0.05) is 13.8 Å². The Bertz CT molecular complexity index is 595.